The maximum absolute atomic E-state index is 6.28. The molecule has 186 valence electrons. The molecule has 7 rings (SSSR count). The molecular formula is C34H24N3PS. The maximum atomic E-state index is 6.28. The van der Waals surface area contributed by atoms with E-state index in [2.05, 4.69) is 126 Å². The third-order valence-electron chi connectivity index (χ3n) is 7.19. The largest absolute Gasteiger partial charge is 0.276 e. The summed E-state index contributed by atoms with van der Waals surface area (Å²) in [5, 5.41) is 4.67. The summed E-state index contributed by atoms with van der Waals surface area (Å²) in [6, 6.07) is 50.8. The van der Waals surface area contributed by atoms with Gasteiger partial charge in [0, 0.05) is 5.56 Å². The van der Waals surface area contributed by atoms with Crippen LogP contribution in [0.5, 0.6) is 0 Å². The van der Waals surface area contributed by atoms with Crippen molar-refractivity contribution in [1.82, 2.24) is 9.55 Å². The molecular weight excluding hydrogens is 513 g/mol. The second kappa shape index (κ2) is 9.74. The summed E-state index contributed by atoms with van der Waals surface area (Å²) in [6.45, 7) is -2.51. The van der Waals surface area contributed by atoms with E-state index in [-0.39, 0.29) is 0 Å². The number of fused-ring (bicyclic) bond motifs is 3. The molecule has 0 N–H and O–H groups in total. The van der Waals surface area contributed by atoms with Gasteiger partial charge in [0.05, 0.1) is 16.3 Å². The van der Waals surface area contributed by atoms with E-state index in [1.54, 1.807) is 0 Å². The molecule has 0 radical (unpaired) electrons. The van der Waals surface area contributed by atoms with Crippen molar-refractivity contribution in [2.24, 2.45) is 4.99 Å². The Bertz CT molecular complexity index is 1810. The van der Waals surface area contributed by atoms with E-state index in [0.717, 1.165) is 33.6 Å². The second-order valence-corrected chi connectivity index (χ2v) is 13.1. The van der Waals surface area contributed by atoms with Gasteiger partial charge >= 0.3 is 0 Å². The van der Waals surface area contributed by atoms with Crippen LogP contribution in [0.4, 0.5) is 0 Å². The summed E-state index contributed by atoms with van der Waals surface area (Å²) in [6.07, 6.45) is 0. The topological polar surface area (TPSA) is 30.2 Å². The zero-order chi connectivity index (χ0) is 26.2. The molecule has 0 amide bonds. The predicted octanol–water partition coefficient (Wildman–Crippen LogP) is 6.19. The predicted molar refractivity (Wildman–Crippen MR) is 170 cm³/mol. The summed E-state index contributed by atoms with van der Waals surface area (Å²) < 4.78 is 2.21. The molecule has 2 heterocycles. The van der Waals surface area contributed by atoms with Gasteiger partial charge in [0.1, 0.15) is 10.8 Å². The molecule has 0 saturated carbocycles. The Kier molecular flexibility index (Phi) is 5.93. The highest BCUT2D eigenvalue weighted by molar-refractivity contribution is 7.99. The van der Waals surface area contributed by atoms with Crippen LogP contribution in [0.2, 0.25) is 0 Å². The molecule has 0 bridgehead atoms. The van der Waals surface area contributed by atoms with Crippen molar-refractivity contribution in [3.63, 3.8) is 0 Å². The van der Waals surface area contributed by atoms with Crippen molar-refractivity contribution in [3.8, 4) is 0 Å². The summed E-state index contributed by atoms with van der Waals surface area (Å²) >= 11 is 6.28. The number of aliphatic imine (C=N–C) groups is 1. The molecule has 0 aliphatic carbocycles. The molecule has 0 saturated heterocycles. The van der Waals surface area contributed by atoms with E-state index in [9.17, 15) is 0 Å². The average Bonchev–Trinajstić information content (AvgIpc) is 3.40. The number of para-hydroxylation sites is 2. The van der Waals surface area contributed by atoms with Gasteiger partial charge in [0.2, 0.25) is 0 Å². The highest BCUT2D eigenvalue weighted by Gasteiger charge is 2.38. The van der Waals surface area contributed by atoms with Gasteiger partial charge in [0.15, 0.2) is 5.82 Å². The molecule has 0 unspecified atom stereocenters. The molecule has 0 fully saturated rings. The van der Waals surface area contributed by atoms with Crippen LogP contribution in [-0.2, 0) is 0 Å². The molecule has 0 atom stereocenters. The SMILES string of the molecule is S=C1N=C(c2ccccc2)n2c(nc3ccccc32)C1=P(c1ccccc1)(c1ccccc1)c1ccccc1. The van der Waals surface area contributed by atoms with E-state index < -0.39 is 6.89 Å². The Morgan fingerprint density at radius 2 is 1.00 bits per heavy atom. The first-order chi connectivity index (χ1) is 19.3. The van der Waals surface area contributed by atoms with E-state index in [0.29, 0.717) is 4.99 Å². The average molecular weight is 538 g/mol. The highest BCUT2D eigenvalue weighted by Crippen LogP contribution is 2.49. The molecule has 1 aliphatic rings. The van der Waals surface area contributed by atoms with Crippen LogP contribution < -0.4 is 15.9 Å². The van der Waals surface area contributed by atoms with Crippen molar-refractivity contribution in [3.05, 3.63) is 157 Å². The van der Waals surface area contributed by atoms with Crippen LogP contribution in [0.3, 0.4) is 0 Å². The molecule has 39 heavy (non-hydrogen) atoms. The molecule has 0 spiro atoms. The first kappa shape index (κ1) is 23.7. The normalized spacial score (nSPS) is 13.3. The fraction of sp³-hybridized carbons (Fsp3) is 0. The number of nitrogens with zero attached hydrogens (tertiary/aromatic N) is 3. The third kappa shape index (κ3) is 3.76. The molecule has 6 aromatic rings. The second-order valence-electron chi connectivity index (χ2n) is 9.39. The Labute approximate surface area is 233 Å². The fourth-order valence-electron chi connectivity index (χ4n) is 5.56. The first-order valence-corrected chi connectivity index (χ1v) is 15.1. The molecule has 5 aromatic carbocycles. The van der Waals surface area contributed by atoms with Gasteiger partial charge in [-0.25, -0.2) is 9.98 Å². The van der Waals surface area contributed by atoms with Gasteiger partial charge in [-0.3, -0.25) is 4.57 Å². The molecule has 1 aliphatic heterocycles. The summed E-state index contributed by atoms with van der Waals surface area (Å²) in [4.78, 5) is 11.1. The van der Waals surface area contributed by atoms with E-state index in [1.807, 2.05) is 24.3 Å². The monoisotopic (exact) mass is 537 g/mol. The quantitative estimate of drug-likeness (QED) is 0.198. The van der Waals surface area contributed by atoms with Gasteiger partial charge in [-0.15, -0.1) is 0 Å². The summed E-state index contributed by atoms with van der Waals surface area (Å²) in [7, 11) is 0. The van der Waals surface area contributed by atoms with Crippen LogP contribution in [0.15, 0.2) is 151 Å². The third-order valence-corrected chi connectivity index (χ3v) is 11.9. The zero-order valence-corrected chi connectivity index (χ0v) is 22.8. The smallest absolute Gasteiger partial charge is 0.151 e. The van der Waals surface area contributed by atoms with Crippen LogP contribution >= 0.6 is 19.1 Å². The zero-order valence-electron chi connectivity index (χ0n) is 21.1. The van der Waals surface area contributed by atoms with E-state index >= 15 is 0 Å². The lowest BCUT2D eigenvalue weighted by Gasteiger charge is -2.34. The number of hydrogen-bond acceptors (Lipinski definition) is 2. The summed E-state index contributed by atoms with van der Waals surface area (Å²) in [5.74, 6) is 1.67. The first-order valence-electron chi connectivity index (χ1n) is 12.9. The van der Waals surface area contributed by atoms with Gasteiger partial charge in [0.25, 0.3) is 0 Å². The van der Waals surface area contributed by atoms with Crippen molar-refractivity contribution in [2.45, 2.75) is 0 Å². The van der Waals surface area contributed by atoms with Crippen molar-refractivity contribution < 1.29 is 0 Å². The highest BCUT2D eigenvalue weighted by atomic mass is 32.1. The van der Waals surface area contributed by atoms with Gasteiger partial charge < -0.3 is 0 Å². The molecule has 1 aromatic heterocycles. The summed E-state index contributed by atoms with van der Waals surface area (Å²) in [5.41, 5.74) is 2.94. The van der Waals surface area contributed by atoms with Crippen LogP contribution in [0, 0.1) is 0 Å². The minimum absolute atomic E-state index is 0.585. The minimum atomic E-state index is -2.51. The minimum Gasteiger partial charge on any atom is -0.276 e. The van der Waals surface area contributed by atoms with Gasteiger partial charge in [-0.1, -0.05) is 146 Å². The Balaban J connectivity index is 1.73. The maximum Gasteiger partial charge on any atom is 0.151 e. The lowest BCUT2D eigenvalue weighted by Crippen LogP contribution is -2.38. The number of hydrogen-bond donors (Lipinski definition) is 0. The van der Waals surface area contributed by atoms with Gasteiger partial charge in [-0.05, 0) is 34.9 Å². The van der Waals surface area contributed by atoms with Crippen LogP contribution in [-0.4, -0.2) is 25.7 Å². The van der Waals surface area contributed by atoms with Crippen molar-refractivity contribution in [1.29, 1.82) is 0 Å². The van der Waals surface area contributed by atoms with Crippen LogP contribution in [0.1, 0.15) is 11.4 Å². The number of rotatable bonds is 4. The number of aromatic nitrogens is 2. The van der Waals surface area contributed by atoms with Crippen LogP contribution in [0.25, 0.3) is 11.0 Å². The lowest BCUT2D eigenvalue weighted by molar-refractivity contribution is 1.13. The number of thiocarbonyl (C=S) groups is 1. The van der Waals surface area contributed by atoms with Gasteiger partial charge in [-0.2, -0.15) is 0 Å². The number of benzene rings is 5. The number of imidazole rings is 1. The molecule has 5 heteroatoms. The Morgan fingerprint density at radius 1 is 0.538 bits per heavy atom. The van der Waals surface area contributed by atoms with Crippen molar-refractivity contribution >= 4 is 62.2 Å². The van der Waals surface area contributed by atoms with E-state index in [1.165, 1.54) is 15.9 Å². The molecule has 3 nitrogen and oxygen atoms in total. The lowest BCUT2D eigenvalue weighted by atomic mass is 10.1. The van der Waals surface area contributed by atoms with E-state index in [4.69, 9.17) is 22.2 Å². The standard InChI is InChI=1S/C34H24N3PS/c39-34-31(33-35-29-23-13-14-24-30(29)37(33)32(36-34)25-15-5-1-6-16-25)38(26-17-7-2-8-18-26,27-19-9-3-10-20-27)28-21-11-4-12-22-28/h1-24H. The Hall–Kier alpha value is -4.37. The Morgan fingerprint density at radius 3 is 1.54 bits per heavy atom. The fourth-order valence-corrected chi connectivity index (χ4v) is 10.5. The van der Waals surface area contributed by atoms with Crippen molar-refractivity contribution in [2.75, 3.05) is 0 Å².